The van der Waals surface area contributed by atoms with Gasteiger partial charge in [-0.05, 0) is 12.1 Å². The highest BCUT2D eigenvalue weighted by Gasteiger charge is 2.49. The summed E-state index contributed by atoms with van der Waals surface area (Å²) in [6.45, 7) is 0.147. The minimum absolute atomic E-state index is 0.0846. The molecule has 9 nitrogen and oxygen atoms in total. The molecule has 0 amide bonds. The summed E-state index contributed by atoms with van der Waals surface area (Å²) in [6, 6.07) is 14.6. The lowest BCUT2D eigenvalue weighted by Gasteiger charge is -2.46. The van der Waals surface area contributed by atoms with Crippen molar-refractivity contribution >= 4 is 5.69 Å². The van der Waals surface area contributed by atoms with Gasteiger partial charge in [0.05, 0.1) is 11.5 Å². The molecule has 0 aliphatic carbocycles. The van der Waals surface area contributed by atoms with E-state index in [0.717, 1.165) is 5.56 Å². The third-order valence-electron chi connectivity index (χ3n) is 4.70. The number of nitrogens with zero attached hydrogens (tertiary/aromatic N) is 1. The van der Waals surface area contributed by atoms with Gasteiger partial charge in [0.15, 0.2) is 6.29 Å². The highest BCUT2D eigenvalue weighted by molar-refractivity contribution is 5.36. The molecule has 0 saturated carbocycles. The lowest BCUT2D eigenvalue weighted by Crippen LogP contribution is -2.62. The lowest BCUT2D eigenvalue weighted by molar-refractivity contribution is -0.384. The van der Waals surface area contributed by atoms with Crippen molar-refractivity contribution in [3.05, 3.63) is 70.3 Å². The topological polar surface area (TPSA) is 121 Å². The molecule has 0 aromatic heterocycles. The number of fused-ring (bicyclic) bond motifs is 1. The summed E-state index contributed by atoms with van der Waals surface area (Å²) in [5, 5.41) is 31.7. The fraction of sp³-hybridized carbons (Fsp3) is 0.368. The Morgan fingerprint density at radius 2 is 1.71 bits per heavy atom. The number of aliphatic hydroxyl groups is 2. The molecule has 1 unspecified atom stereocenters. The van der Waals surface area contributed by atoms with Crippen LogP contribution >= 0.6 is 0 Å². The molecule has 2 saturated heterocycles. The molecule has 6 atom stereocenters. The van der Waals surface area contributed by atoms with Crippen LogP contribution in [0.4, 0.5) is 5.69 Å². The van der Waals surface area contributed by atoms with Crippen molar-refractivity contribution in [2.45, 2.75) is 37.0 Å². The second-order valence-electron chi connectivity index (χ2n) is 6.57. The fourth-order valence-corrected chi connectivity index (χ4v) is 3.23. The van der Waals surface area contributed by atoms with Crippen LogP contribution in [-0.2, 0) is 14.2 Å². The number of rotatable bonds is 4. The van der Waals surface area contributed by atoms with E-state index >= 15 is 0 Å². The molecule has 2 aromatic carbocycles. The summed E-state index contributed by atoms with van der Waals surface area (Å²) in [7, 11) is 0. The number of nitro groups is 1. The first kappa shape index (κ1) is 18.8. The zero-order valence-corrected chi connectivity index (χ0v) is 14.7. The number of non-ortho nitro benzene ring substituents is 1. The molecule has 0 spiro atoms. The van der Waals surface area contributed by atoms with E-state index in [1.165, 1.54) is 24.3 Å². The van der Waals surface area contributed by atoms with E-state index in [-0.39, 0.29) is 18.0 Å². The summed E-state index contributed by atoms with van der Waals surface area (Å²) in [5.74, 6) is 0.264. The molecule has 2 aromatic rings. The average Bonchev–Trinajstić information content (AvgIpc) is 2.72. The minimum Gasteiger partial charge on any atom is -0.462 e. The molecule has 2 aliphatic heterocycles. The van der Waals surface area contributed by atoms with Crippen molar-refractivity contribution in [2.75, 3.05) is 6.61 Å². The number of hydrogen-bond acceptors (Lipinski definition) is 8. The Kier molecular flexibility index (Phi) is 5.25. The van der Waals surface area contributed by atoms with Crippen molar-refractivity contribution in [1.29, 1.82) is 0 Å². The van der Waals surface area contributed by atoms with E-state index in [9.17, 15) is 20.3 Å². The van der Waals surface area contributed by atoms with Gasteiger partial charge in [0.25, 0.3) is 5.69 Å². The lowest BCUT2D eigenvalue weighted by atomic mass is 9.98. The molecular weight excluding hydrogens is 370 g/mol. The number of aliphatic hydroxyl groups excluding tert-OH is 2. The van der Waals surface area contributed by atoms with Gasteiger partial charge in [0, 0.05) is 17.7 Å². The van der Waals surface area contributed by atoms with Gasteiger partial charge in [-0.2, -0.15) is 0 Å². The van der Waals surface area contributed by atoms with Crippen molar-refractivity contribution in [1.82, 2.24) is 0 Å². The standard InChI is InChI=1S/C19H19NO8/c21-15-16(22)19(26-13-8-6-12(7-9-13)20(23)24)27-14-10-25-18(28-17(14)15)11-4-2-1-3-5-11/h1-9,14-19,21-22H,10H2/t14-,15-,16-,17-,18?,19-/m1/s1. The van der Waals surface area contributed by atoms with Crippen LogP contribution in [0.15, 0.2) is 54.6 Å². The van der Waals surface area contributed by atoms with Crippen LogP contribution in [0.2, 0.25) is 0 Å². The van der Waals surface area contributed by atoms with Crippen LogP contribution in [0.1, 0.15) is 11.9 Å². The summed E-state index contributed by atoms with van der Waals surface area (Å²) in [4.78, 5) is 10.2. The first-order valence-corrected chi connectivity index (χ1v) is 8.77. The van der Waals surface area contributed by atoms with Crippen molar-refractivity contribution in [2.24, 2.45) is 0 Å². The maximum Gasteiger partial charge on any atom is 0.269 e. The maximum absolute atomic E-state index is 10.7. The van der Waals surface area contributed by atoms with Crippen LogP contribution in [0.3, 0.4) is 0 Å². The maximum atomic E-state index is 10.7. The molecule has 28 heavy (non-hydrogen) atoms. The predicted octanol–water partition coefficient (Wildman–Crippen LogP) is 1.53. The zero-order valence-electron chi connectivity index (χ0n) is 14.7. The first-order chi connectivity index (χ1) is 13.5. The zero-order chi connectivity index (χ0) is 19.7. The SMILES string of the molecule is O=[N+]([O-])c1ccc(O[C@@H]2O[C@@H]3COC(c4ccccc4)O[C@H]3[C@H](O)[C@H]2O)cc1. The fourth-order valence-electron chi connectivity index (χ4n) is 3.23. The Hall–Kier alpha value is -2.56. The third kappa shape index (κ3) is 3.71. The molecule has 2 aliphatic rings. The van der Waals surface area contributed by atoms with E-state index in [2.05, 4.69) is 0 Å². The molecule has 2 N–H and O–H groups in total. The van der Waals surface area contributed by atoms with Crippen molar-refractivity contribution in [3.8, 4) is 5.75 Å². The number of ether oxygens (including phenoxy) is 4. The number of benzene rings is 2. The molecular formula is C19H19NO8. The van der Waals surface area contributed by atoms with E-state index in [4.69, 9.17) is 18.9 Å². The highest BCUT2D eigenvalue weighted by atomic mass is 16.8. The van der Waals surface area contributed by atoms with Crippen molar-refractivity contribution < 1.29 is 34.1 Å². The minimum atomic E-state index is -1.37. The first-order valence-electron chi connectivity index (χ1n) is 8.77. The van der Waals surface area contributed by atoms with Gasteiger partial charge in [-0.1, -0.05) is 30.3 Å². The third-order valence-corrected chi connectivity index (χ3v) is 4.70. The van der Waals surface area contributed by atoms with Crippen LogP contribution in [0.5, 0.6) is 5.75 Å². The Labute approximate surface area is 160 Å². The van der Waals surface area contributed by atoms with Gasteiger partial charge in [0.2, 0.25) is 6.29 Å². The van der Waals surface area contributed by atoms with E-state index < -0.39 is 41.9 Å². The molecule has 148 valence electrons. The molecule has 9 heteroatoms. The molecule has 2 fully saturated rings. The molecule has 4 rings (SSSR count). The van der Waals surface area contributed by atoms with Crippen molar-refractivity contribution in [3.63, 3.8) is 0 Å². The quantitative estimate of drug-likeness (QED) is 0.597. The summed E-state index contributed by atoms with van der Waals surface area (Å²) in [5.41, 5.74) is 0.713. The van der Waals surface area contributed by atoms with Gasteiger partial charge in [-0.15, -0.1) is 0 Å². The molecule has 0 radical (unpaired) electrons. The van der Waals surface area contributed by atoms with Gasteiger partial charge < -0.3 is 29.2 Å². The average molecular weight is 389 g/mol. The number of hydrogen-bond donors (Lipinski definition) is 2. The summed E-state index contributed by atoms with van der Waals surface area (Å²) in [6.07, 6.45) is -5.88. The number of nitro benzene ring substituents is 1. The molecule has 2 heterocycles. The largest absolute Gasteiger partial charge is 0.462 e. The Balaban J connectivity index is 1.43. The Morgan fingerprint density at radius 3 is 2.39 bits per heavy atom. The Bertz CT molecular complexity index is 812. The summed E-state index contributed by atoms with van der Waals surface area (Å²) >= 11 is 0. The van der Waals surface area contributed by atoms with Gasteiger partial charge >= 0.3 is 0 Å². The van der Waals surface area contributed by atoms with Gasteiger partial charge in [-0.3, -0.25) is 10.1 Å². The van der Waals surface area contributed by atoms with Crippen LogP contribution < -0.4 is 4.74 Å². The normalized spacial score (nSPS) is 32.4. The highest BCUT2D eigenvalue weighted by Crippen LogP contribution is 2.34. The smallest absolute Gasteiger partial charge is 0.269 e. The van der Waals surface area contributed by atoms with E-state index in [1.807, 2.05) is 30.3 Å². The molecule has 0 bridgehead atoms. The summed E-state index contributed by atoms with van der Waals surface area (Å²) < 4.78 is 22.8. The second-order valence-corrected chi connectivity index (χ2v) is 6.57. The van der Waals surface area contributed by atoms with Crippen LogP contribution in [0, 0.1) is 10.1 Å². The monoisotopic (exact) mass is 389 g/mol. The Morgan fingerprint density at radius 1 is 1.00 bits per heavy atom. The van der Waals surface area contributed by atoms with Gasteiger partial charge in [-0.25, -0.2) is 0 Å². The van der Waals surface area contributed by atoms with Gasteiger partial charge in [0.1, 0.15) is 30.2 Å². The van der Waals surface area contributed by atoms with E-state index in [0.29, 0.717) is 0 Å². The second kappa shape index (κ2) is 7.82. The van der Waals surface area contributed by atoms with E-state index in [1.54, 1.807) is 0 Å². The van der Waals surface area contributed by atoms with Crippen LogP contribution in [-0.4, -0.2) is 52.4 Å². The van der Waals surface area contributed by atoms with Crippen LogP contribution in [0.25, 0.3) is 0 Å². The predicted molar refractivity (Wildman–Crippen MR) is 94.4 cm³/mol.